The second-order valence-electron chi connectivity index (χ2n) is 8.01. The summed E-state index contributed by atoms with van der Waals surface area (Å²) in [4.78, 5) is 34.0. The van der Waals surface area contributed by atoms with E-state index in [1.54, 1.807) is 16.2 Å². The van der Waals surface area contributed by atoms with Gasteiger partial charge in [-0.15, -0.1) is 0 Å². The number of thiazole rings is 1. The van der Waals surface area contributed by atoms with Crippen molar-refractivity contribution in [3.05, 3.63) is 48.0 Å². The smallest absolute Gasteiger partial charge is 0.229 e. The molecule has 31 heavy (non-hydrogen) atoms. The summed E-state index contributed by atoms with van der Waals surface area (Å²) < 4.78 is 6.45. The van der Waals surface area contributed by atoms with Crippen molar-refractivity contribution < 1.29 is 14.3 Å². The molecular weight excluding hydrogens is 412 g/mol. The van der Waals surface area contributed by atoms with E-state index in [0.717, 1.165) is 58.6 Å². The molecular formula is C23H24N4O3S. The second-order valence-corrected chi connectivity index (χ2v) is 9.02. The molecule has 0 saturated carbocycles. The maximum absolute atomic E-state index is 12.9. The number of morpholine rings is 1. The Morgan fingerprint density at radius 1 is 1.16 bits per heavy atom. The van der Waals surface area contributed by atoms with Crippen molar-refractivity contribution in [3.8, 4) is 0 Å². The fraction of sp³-hybridized carbons (Fsp3) is 0.348. The monoisotopic (exact) mass is 436 g/mol. The standard InChI is InChI=1S/C23H24N4O3S/c1-15-2-5-18(6-3-15)27-14-16(12-21(27)28)22(29)24-17-4-7-19-20(13-17)31-23(25-19)26-8-10-30-11-9-26/h2-7,13,16H,8-12,14H2,1H3,(H,24,29). The van der Waals surface area contributed by atoms with Crippen LogP contribution in [0.25, 0.3) is 10.2 Å². The molecule has 8 heteroatoms. The number of nitrogens with one attached hydrogen (secondary N) is 1. The summed E-state index contributed by atoms with van der Waals surface area (Å²) in [6.45, 7) is 5.54. The van der Waals surface area contributed by atoms with Gasteiger partial charge in [0.2, 0.25) is 11.8 Å². The third kappa shape index (κ3) is 4.13. The van der Waals surface area contributed by atoms with Crippen LogP contribution in [-0.2, 0) is 14.3 Å². The minimum Gasteiger partial charge on any atom is -0.378 e. The quantitative estimate of drug-likeness (QED) is 0.678. The number of aromatic nitrogens is 1. The van der Waals surface area contributed by atoms with Gasteiger partial charge in [-0.2, -0.15) is 0 Å². The molecule has 160 valence electrons. The molecule has 2 aromatic carbocycles. The molecule has 0 radical (unpaired) electrons. The van der Waals surface area contributed by atoms with Crippen molar-refractivity contribution in [3.63, 3.8) is 0 Å². The molecule has 0 bridgehead atoms. The number of rotatable bonds is 4. The molecule has 2 aliphatic heterocycles. The van der Waals surface area contributed by atoms with Crippen molar-refractivity contribution in [2.45, 2.75) is 13.3 Å². The van der Waals surface area contributed by atoms with E-state index in [4.69, 9.17) is 9.72 Å². The minimum atomic E-state index is -0.366. The Labute approximate surface area is 184 Å². The summed E-state index contributed by atoms with van der Waals surface area (Å²) in [7, 11) is 0. The van der Waals surface area contributed by atoms with Gasteiger partial charge in [-0.1, -0.05) is 29.0 Å². The Kier molecular flexibility index (Phi) is 5.33. The van der Waals surface area contributed by atoms with Crippen LogP contribution in [0.5, 0.6) is 0 Å². The van der Waals surface area contributed by atoms with Gasteiger partial charge < -0.3 is 19.9 Å². The zero-order valence-electron chi connectivity index (χ0n) is 17.3. The van der Waals surface area contributed by atoms with E-state index >= 15 is 0 Å². The van der Waals surface area contributed by atoms with Crippen LogP contribution < -0.4 is 15.1 Å². The highest BCUT2D eigenvalue weighted by molar-refractivity contribution is 7.22. The van der Waals surface area contributed by atoms with E-state index in [0.29, 0.717) is 6.54 Å². The summed E-state index contributed by atoms with van der Waals surface area (Å²) in [5.41, 5.74) is 3.63. The van der Waals surface area contributed by atoms with E-state index in [1.165, 1.54) is 0 Å². The molecule has 7 nitrogen and oxygen atoms in total. The molecule has 2 saturated heterocycles. The highest BCUT2D eigenvalue weighted by atomic mass is 32.1. The van der Waals surface area contributed by atoms with Gasteiger partial charge in [0.05, 0.1) is 29.3 Å². The molecule has 1 N–H and O–H groups in total. The maximum Gasteiger partial charge on any atom is 0.229 e. The summed E-state index contributed by atoms with van der Waals surface area (Å²) >= 11 is 1.62. The van der Waals surface area contributed by atoms with Crippen LogP contribution in [0.4, 0.5) is 16.5 Å². The number of hydrogen-bond acceptors (Lipinski definition) is 6. The van der Waals surface area contributed by atoms with Gasteiger partial charge in [-0.25, -0.2) is 4.98 Å². The second kappa shape index (κ2) is 8.28. The van der Waals surface area contributed by atoms with E-state index in [1.807, 2.05) is 49.4 Å². The highest BCUT2D eigenvalue weighted by Gasteiger charge is 2.35. The highest BCUT2D eigenvalue weighted by Crippen LogP contribution is 2.32. The number of carbonyl (C=O) groups is 2. The van der Waals surface area contributed by atoms with Crippen molar-refractivity contribution in [1.82, 2.24) is 4.98 Å². The Balaban J connectivity index is 1.27. The van der Waals surface area contributed by atoms with Crippen molar-refractivity contribution in [1.29, 1.82) is 0 Å². The average Bonchev–Trinajstić information content (AvgIpc) is 3.38. The van der Waals surface area contributed by atoms with E-state index in [2.05, 4.69) is 10.2 Å². The summed E-state index contributed by atoms with van der Waals surface area (Å²) in [6.07, 6.45) is 0.226. The maximum atomic E-state index is 12.9. The number of benzene rings is 2. The lowest BCUT2D eigenvalue weighted by Crippen LogP contribution is -2.36. The van der Waals surface area contributed by atoms with Crippen LogP contribution in [0, 0.1) is 12.8 Å². The number of anilines is 3. The third-order valence-corrected chi connectivity index (χ3v) is 6.85. The Bertz CT molecular complexity index is 1120. The molecule has 1 unspecified atom stereocenters. The van der Waals surface area contributed by atoms with Gasteiger partial charge in [0.25, 0.3) is 0 Å². The number of ether oxygens (including phenoxy) is 1. The van der Waals surface area contributed by atoms with E-state index in [-0.39, 0.29) is 24.2 Å². The van der Waals surface area contributed by atoms with Crippen molar-refractivity contribution in [2.75, 3.05) is 48.0 Å². The molecule has 5 rings (SSSR count). The fourth-order valence-corrected chi connectivity index (χ4v) is 5.04. The fourth-order valence-electron chi connectivity index (χ4n) is 3.98. The lowest BCUT2D eigenvalue weighted by molar-refractivity contribution is -0.122. The summed E-state index contributed by atoms with van der Waals surface area (Å²) in [5, 5.41) is 3.98. The van der Waals surface area contributed by atoms with Crippen molar-refractivity contribution in [2.24, 2.45) is 5.92 Å². The number of nitrogens with zero attached hydrogens (tertiary/aromatic N) is 3. The first-order valence-electron chi connectivity index (χ1n) is 10.5. The Morgan fingerprint density at radius 2 is 1.94 bits per heavy atom. The van der Waals surface area contributed by atoms with Crippen LogP contribution in [0.1, 0.15) is 12.0 Å². The molecule has 2 fully saturated rings. The number of fused-ring (bicyclic) bond motifs is 1. The first-order chi connectivity index (χ1) is 15.1. The molecule has 0 aliphatic carbocycles. The van der Waals surface area contributed by atoms with Crippen molar-refractivity contribution >= 4 is 49.9 Å². The van der Waals surface area contributed by atoms with Gasteiger partial charge in [-0.3, -0.25) is 9.59 Å². The molecule has 3 aromatic rings. The number of carbonyl (C=O) groups excluding carboxylic acids is 2. The molecule has 1 atom stereocenters. The van der Waals surface area contributed by atoms with Crippen LogP contribution in [0.3, 0.4) is 0 Å². The largest absolute Gasteiger partial charge is 0.378 e. The predicted octanol–water partition coefficient (Wildman–Crippen LogP) is 3.43. The summed E-state index contributed by atoms with van der Waals surface area (Å²) in [5.74, 6) is -0.507. The van der Waals surface area contributed by atoms with Crippen LogP contribution >= 0.6 is 11.3 Å². The Hall–Kier alpha value is -2.97. The van der Waals surface area contributed by atoms with Gasteiger partial charge in [-0.05, 0) is 37.3 Å². The molecule has 0 spiro atoms. The van der Waals surface area contributed by atoms with Crippen LogP contribution in [-0.4, -0.2) is 49.6 Å². The lowest BCUT2D eigenvalue weighted by Gasteiger charge is -2.25. The first kappa shape index (κ1) is 20.0. The molecule has 3 heterocycles. The topological polar surface area (TPSA) is 74.8 Å². The first-order valence-corrected chi connectivity index (χ1v) is 11.3. The molecule has 1 aromatic heterocycles. The Morgan fingerprint density at radius 3 is 2.71 bits per heavy atom. The number of amides is 2. The van der Waals surface area contributed by atoms with Gasteiger partial charge in [0.15, 0.2) is 5.13 Å². The molecule has 2 amide bonds. The van der Waals surface area contributed by atoms with Gasteiger partial charge >= 0.3 is 0 Å². The van der Waals surface area contributed by atoms with Crippen LogP contribution in [0.2, 0.25) is 0 Å². The lowest BCUT2D eigenvalue weighted by atomic mass is 10.1. The average molecular weight is 437 g/mol. The van der Waals surface area contributed by atoms with E-state index < -0.39 is 0 Å². The summed E-state index contributed by atoms with van der Waals surface area (Å²) in [6, 6.07) is 13.6. The van der Waals surface area contributed by atoms with Gasteiger partial charge in [0.1, 0.15) is 0 Å². The normalized spacial score (nSPS) is 19.3. The minimum absolute atomic E-state index is 0.0166. The van der Waals surface area contributed by atoms with Gasteiger partial charge in [0, 0.05) is 37.4 Å². The molecule has 2 aliphatic rings. The zero-order chi connectivity index (χ0) is 21.4. The number of aryl methyl sites for hydroxylation is 1. The number of hydrogen-bond donors (Lipinski definition) is 1. The van der Waals surface area contributed by atoms with Crippen LogP contribution in [0.15, 0.2) is 42.5 Å². The predicted molar refractivity (Wildman–Crippen MR) is 123 cm³/mol. The van der Waals surface area contributed by atoms with E-state index in [9.17, 15) is 9.59 Å². The zero-order valence-corrected chi connectivity index (χ0v) is 18.2. The SMILES string of the molecule is Cc1ccc(N2CC(C(=O)Nc3ccc4nc(N5CCOCC5)sc4c3)CC2=O)cc1. The third-order valence-electron chi connectivity index (χ3n) is 5.77.